The number of anilines is 1. The Hall–Kier alpha value is -2.27. The summed E-state index contributed by atoms with van der Waals surface area (Å²) in [6.45, 7) is 3.92. The summed E-state index contributed by atoms with van der Waals surface area (Å²) in [6.07, 6.45) is 6.91. The Kier molecular flexibility index (Phi) is 8.17. The lowest BCUT2D eigenvalue weighted by Gasteiger charge is -2.15. The van der Waals surface area contributed by atoms with Gasteiger partial charge in [-0.1, -0.05) is 44.0 Å². The van der Waals surface area contributed by atoms with E-state index < -0.39 is 0 Å². The molecule has 1 N–H and O–H groups in total. The first-order chi connectivity index (χ1) is 14.2. The van der Waals surface area contributed by atoms with E-state index in [0.717, 1.165) is 42.9 Å². The Labute approximate surface area is 178 Å². The zero-order chi connectivity index (χ0) is 20.5. The molecule has 2 aromatic carbocycles. The molecule has 29 heavy (non-hydrogen) atoms. The molecule has 4 nitrogen and oxygen atoms in total. The summed E-state index contributed by atoms with van der Waals surface area (Å²) >= 11 is 1.44. The molecule has 0 aromatic heterocycles. The summed E-state index contributed by atoms with van der Waals surface area (Å²) < 4.78 is 0. The molecule has 1 saturated heterocycles. The molecule has 0 spiro atoms. The summed E-state index contributed by atoms with van der Waals surface area (Å²) in [6, 6.07) is 15.6. The van der Waals surface area contributed by atoms with Crippen LogP contribution < -0.4 is 5.32 Å². The van der Waals surface area contributed by atoms with Crippen LogP contribution in [0.25, 0.3) is 0 Å². The third-order valence-corrected chi connectivity index (χ3v) is 6.28. The van der Waals surface area contributed by atoms with Gasteiger partial charge in [0.2, 0.25) is 5.91 Å². The van der Waals surface area contributed by atoms with Gasteiger partial charge in [0.05, 0.1) is 11.3 Å². The number of thioether (sulfide) groups is 1. The molecule has 154 valence electrons. The molecule has 0 saturated carbocycles. The molecule has 0 radical (unpaired) electrons. The summed E-state index contributed by atoms with van der Waals surface area (Å²) in [4.78, 5) is 27.9. The highest BCUT2D eigenvalue weighted by Crippen LogP contribution is 2.25. The number of amides is 2. The van der Waals surface area contributed by atoms with E-state index in [1.807, 2.05) is 41.3 Å². The Morgan fingerprint density at radius 3 is 2.45 bits per heavy atom. The number of nitrogens with zero attached hydrogens (tertiary/aromatic N) is 1. The van der Waals surface area contributed by atoms with Crippen molar-refractivity contribution in [1.82, 2.24) is 4.90 Å². The maximum atomic E-state index is 12.8. The molecule has 1 heterocycles. The number of hydrogen-bond donors (Lipinski definition) is 1. The quantitative estimate of drug-likeness (QED) is 0.446. The first-order valence-electron chi connectivity index (χ1n) is 10.6. The van der Waals surface area contributed by atoms with Crippen molar-refractivity contribution in [3.8, 4) is 0 Å². The van der Waals surface area contributed by atoms with E-state index in [4.69, 9.17) is 0 Å². The lowest BCUT2D eigenvalue weighted by molar-refractivity contribution is -0.127. The van der Waals surface area contributed by atoms with Crippen LogP contribution in [0, 0.1) is 0 Å². The van der Waals surface area contributed by atoms with Crippen LogP contribution in [0.2, 0.25) is 0 Å². The summed E-state index contributed by atoms with van der Waals surface area (Å²) in [5.41, 5.74) is 2.70. The minimum atomic E-state index is -0.138. The number of rotatable bonds is 9. The fourth-order valence-corrected chi connectivity index (χ4v) is 4.46. The average Bonchev–Trinajstić information content (AvgIpc) is 3.29. The maximum Gasteiger partial charge on any atom is 0.256 e. The predicted molar refractivity (Wildman–Crippen MR) is 121 cm³/mol. The molecule has 0 bridgehead atoms. The minimum Gasteiger partial charge on any atom is -0.342 e. The van der Waals surface area contributed by atoms with Crippen LogP contribution in [-0.2, 0) is 11.2 Å². The normalized spacial score (nSPS) is 13.5. The highest BCUT2D eigenvalue weighted by molar-refractivity contribution is 8.00. The van der Waals surface area contributed by atoms with Crippen LogP contribution in [0.3, 0.4) is 0 Å². The van der Waals surface area contributed by atoms with Gasteiger partial charge in [-0.2, -0.15) is 0 Å². The van der Waals surface area contributed by atoms with Crippen LogP contribution in [0.4, 0.5) is 5.69 Å². The van der Waals surface area contributed by atoms with Crippen molar-refractivity contribution in [2.24, 2.45) is 0 Å². The van der Waals surface area contributed by atoms with Crippen molar-refractivity contribution in [3.63, 3.8) is 0 Å². The second kappa shape index (κ2) is 11.1. The SMILES string of the molecule is CCCCCc1ccc(NC(=O)c2ccccc2SCC(=O)N2CCCC2)cc1. The summed E-state index contributed by atoms with van der Waals surface area (Å²) in [5, 5.41) is 2.99. The van der Waals surface area contributed by atoms with Crippen LogP contribution in [0.15, 0.2) is 53.4 Å². The van der Waals surface area contributed by atoms with E-state index in [1.165, 1.54) is 36.6 Å². The molecule has 0 aliphatic carbocycles. The molecule has 5 heteroatoms. The molecular formula is C24H30N2O2S. The Bertz CT molecular complexity index is 814. The van der Waals surface area contributed by atoms with Gasteiger partial charge < -0.3 is 10.2 Å². The number of likely N-dealkylation sites (tertiary alicyclic amines) is 1. The Morgan fingerprint density at radius 2 is 1.72 bits per heavy atom. The Morgan fingerprint density at radius 1 is 1.00 bits per heavy atom. The lowest BCUT2D eigenvalue weighted by atomic mass is 10.1. The van der Waals surface area contributed by atoms with Crippen molar-refractivity contribution in [1.29, 1.82) is 0 Å². The molecule has 1 aliphatic rings. The third-order valence-electron chi connectivity index (χ3n) is 5.22. The summed E-state index contributed by atoms with van der Waals surface area (Å²) in [7, 11) is 0. The van der Waals surface area contributed by atoms with Crippen LogP contribution in [-0.4, -0.2) is 35.6 Å². The standard InChI is InChI=1S/C24H30N2O2S/c1-2-3-4-9-19-12-14-20(15-13-19)25-24(28)21-10-5-6-11-22(21)29-18-23(27)26-16-7-8-17-26/h5-6,10-15H,2-4,7-9,16-18H2,1H3,(H,25,28). The van der Waals surface area contributed by atoms with Crippen molar-refractivity contribution < 1.29 is 9.59 Å². The number of unbranched alkanes of at least 4 members (excludes halogenated alkanes) is 2. The van der Waals surface area contributed by atoms with Crippen molar-refractivity contribution in [2.45, 2.75) is 50.3 Å². The minimum absolute atomic E-state index is 0.138. The number of hydrogen-bond acceptors (Lipinski definition) is 3. The van der Waals surface area contributed by atoms with Gasteiger partial charge in [0.1, 0.15) is 0 Å². The fraction of sp³-hybridized carbons (Fsp3) is 0.417. The number of benzene rings is 2. The second-order valence-electron chi connectivity index (χ2n) is 7.48. The lowest BCUT2D eigenvalue weighted by Crippen LogP contribution is -2.29. The fourth-order valence-electron chi connectivity index (χ4n) is 3.51. The predicted octanol–water partition coefficient (Wildman–Crippen LogP) is 5.39. The first-order valence-corrected chi connectivity index (χ1v) is 11.6. The van der Waals surface area contributed by atoms with Gasteiger partial charge in [0, 0.05) is 23.7 Å². The van der Waals surface area contributed by atoms with Gasteiger partial charge in [-0.05, 0) is 55.5 Å². The van der Waals surface area contributed by atoms with E-state index >= 15 is 0 Å². The smallest absolute Gasteiger partial charge is 0.256 e. The van der Waals surface area contributed by atoms with E-state index in [0.29, 0.717) is 11.3 Å². The summed E-state index contributed by atoms with van der Waals surface area (Å²) in [5.74, 6) is 0.387. The van der Waals surface area contributed by atoms with Gasteiger partial charge in [-0.15, -0.1) is 11.8 Å². The van der Waals surface area contributed by atoms with Crippen molar-refractivity contribution >= 4 is 29.3 Å². The molecule has 0 atom stereocenters. The van der Waals surface area contributed by atoms with Gasteiger partial charge in [-0.25, -0.2) is 0 Å². The third kappa shape index (κ3) is 6.36. The van der Waals surface area contributed by atoms with Crippen LogP contribution in [0.1, 0.15) is 54.9 Å². The monoisotopic (exact) mass is 410 g/mol. The molecule has 2 amide bonds. The van der Waals surface area contributed by atoms with Gasteiger partial charge in [-0.3, -0.25) is 9.59 Å². The second-order valence-corrected chi connectivity index (χ2v) is 8.50. The van der Waals surface area contributed by atoms with E-state index in [1.54, 1.807) is 0 Å². The van der Waals surface area contributed by atoms with E-state index in [-0.39, 0.29) is 11.8 Å². The van der Waals surface area contributed by atoms with E-state index in [2.05, 4.69) is 24.4 Å². The van der Waals surface area contributed by atoms with Crippen LogP contribution in [0.5, 0.6) is 0 Å². The maximum absolute atomic E-state index is 12.8. The highest BCUT2D eigenvalue weighted by atomic mass is 32.2. The first kappa shape index (κ1) is 21.4. The topological polar surface area (TPSA) is 49.4 Å². The van der Waals surface area contributed by atoms with Gasteiger partial charge in [0.15, 0.2) is 0 Å². The number of carbonyl (C=O) groups is 2. The molecular weight excluding hydrogens is 380 g/mol. The number of aryl methyl sites for hydroxylation is 1. The van der Waals surface area contributed by atoms with Crippen LogP contribution >= 0.6 is 11.8 Å². The van der Waals surface area contributed by atoms with Crippen molar-refractivity contribution in [3.05, 3.63) is 59.7 Å². The van der Waals surface area contributed by atoms with Crippen molar-refractivity contribution in [2.75, 3.05) is 24.2 Å². The molecule has 2 aromatic rings. The van der Waals surface area contributed by atoms with E-state index in [9.17, 15) is 9.59 Å². The highest BCUT2D eigenvalue weighted by Gasteiger charge is 2.19. The molecule has 3 rings (SSSR count). The van der Waals surface area contributed by atoms with Gasteiger partial charge >= 0.3 is 0 Å². The zero-order valence-electron chi connectivity index (χ0n) is 17.2. The zero-order valence-corrected chi connectivity index (χ0v) is 18.0. The molecule has 1 aliphatic heterocycles. The molecule has 0 unspecified atom stereocenters. The van der Waals surface area contributed by atoms with Gasteiger partial charge in [0.25, 0.3) is 5.91 Å². The molecule has 1 fully saturated rings. The average molecular weight is 411 g/mol. The largest absolute Gasteiger partial charge is 0.342 e. The number of nitrogens with one attached hydrogen (secondary N) is 1. The number of carbonyl (C=O) groups excluding carboxylic acids is 2. The Balaban J connectivity index is 1.58.